The first kappa shape index (κ1) is 21.0. The van der Waals surface area contributed by atoms with Gasteiger partial charge in [0.25, 0.3) is 5.56 Å². The summed E-state index contributed by atoms with van der Waals surface area (Å²) in [7, 11) is 1.31. The fourth-order valence-electron chi connectivity index (χ4n) is 3.47. The van der Waals surface area contributed by atoms with Crippen LogP contribution >= 0.6 is 0 Å². The number of esters is 1. The highest BCUT2D eigenvalue weighted by molar-refractivity contribution is 5.89. The molecule has 0 bridgehead atoms. The van der Waals surface area contributed by atoms with Crippen molar-refractivity contribution in [2.45, 2.75) is 13.1 Å². The molecule has 4 aromatic rings. The second kappa shape index (κ2) is 8.46. The van der Waals surface area contributed by atoms with Gasteiger partial charge in [0, 0.05) is 13.1 Å². The maximum atomic E-state index is 13.4. The predicted octanol–water partition coefficient (Wildman–Crippen LogP) is 2.51. The zero-order chi connectivity index (χ0) is 22.8. The summed E-state index contributed by atoms with van der Waals surface area (Å²) >= 11 is 0. The number of fused-ring (bicyclic) bond motifs is 1. The first-order chi connectivity index (χ1) is 15.4. The van der Waals surface area contributed by atoms with Crippen LogP contribution in [0.5, 0.6) is 0 Å². The van der Waals surface area contributed by atoms with Crippen molar-refractivity contribution in [2.75, 3.05) is 7.11 Å². The Bertz CT molecular complexity index is 1430. The monoisotopic (exact) mass is 434 g/mol. The van der Waals surface area contributed by atoms with E-state index in [-0.39, 0.29) is 24.3 Å². The minimum Gasteiger partial charge on any atom is -0.465 e. The van der Waals surface area contributed by atoms with Crippen LogP contribution in [0.3, 0.4) is 0 Å². The normalized spacial score (nSPS) is 10.9. The lowest BCUT2D eigenvalue weighted by molar-refractivity contribution is 0.0600. The number of benzene rings is 2. The van der Waals surface area contributed by atoms with Gasteiger partial charge in [0.1, 0.15) is 5.82 Å². The maximum absolute atomic E-state index is 13.4. The number of carbonyl (C=O) groups is 1. The Morgan fingerprint density at radius 1 is 1.12 bits per heavy atom. The summed E-state index contributed by atoms with van der Waals surface area (Å²) in [6, 6.07) is 12.1. The van der Waals surface area contributed by atoms with Gasteiger partial charge in [0.05, 0.1) is 24.7 Å². The Labute approximate surface area is 181 Å². The number of halogens is 1. The van der Waals surface area contributed by atoms with Crippen molar-refractivity contribution in [3.63, 3.8) is 0 Å². The average molecular weight is 434 g/mol. The molecule has 162 valence electrons. The van der Waals surface area contributed by atoms with Gasteiger partial charge in [0.2, 0.25) is 0 Å². The van der Waals surface area contributed by atoms with Crippen LogP contribution in [0.4, 0.5) is 4.39 Å². The number of rotatable bonds is 6. The topological polar surface area (TPSA) is 88.1 Å². The lowest BCUT2D eigenvalue weighted by Crippen LogP contribution is -2.39. The van der Waals surface area contributed by atoms with Gasteiger partial charge in [0.15, 0.2) is 11.2 Å². The van der Waals surface area contributed by atoms with Gasteiger partial charge in [-0.05, 0) is 42.0 Å². The number of aromatic nitrogens is 4. The van der Waals surface area contributed by atoms with Crippen molar-refractivity contribution in [1.82, 2.24) is 18.7 Å². The van der Waals surface area contributed by atoms with Crippen LogP contribution in [0.25, 0.3) is 16.9 Å². The van der Waals surface area contributed by atoms with E-state index < -0.39 is 23.0 Å². The molecule has 0 atom stereocenters. The second-order valence-electron chi connectivity index (χ2n) is 7.03. The molecule has 0 radical (unpaired) electrons. The summed E-state index contributed by atoms with van der Waals surface area (Å²) in [6.45, 7) is 3.91. The summed E-state index contributed by atoms with van der Waals surface area (Å²) in [5, 5.41) is 0. The van der Waals surface area contributed by atoms with Crippen LogP contribution in [0.15, 0.2) is 77.1 Å². The molecule has 0 aliphatic carbocycles. The quantitative estimate of drug-likeness (QED) is 0.344. The van der Waals surface area contributed by atoms with Crippen LogP contribution in [-0.4, -0.2) is 31.8 Å². The highest BCUT2D eigenvalue weighted by Gasteiger charge is 2.19. The lowest BCUT2D eigenvalue weighted by Gasteiger charge is -2.12. The Balaban J connectivity index is 1.88. The molecule has 0 spiro atoms. The molecule has 2 aromatic heterocycles. The molecule has 0 unspecified atom stereocenters. The van der Waals surface area contributed by atoms with Crippen LogP contribution in [-0.2, 0) is 17.8 Å². The zero-order valence-electron chi connectivity index (χ0n) is 17.2. The number of nitrogens with zero attached hydrogens (tertiary/aromatic N) is 4. The minimum atomic E-state index is -0.596. The van der Waals surface area contributed by atoms with Gasteiger partial charge in [-0.2, -0.15) is 0 Å². The van der Waals surface area contributed by atoms with Crippen molar-refractivity contribution >= 4 is 17.1 Å². The van der Waals surface area contributed by atoms with Crippen LogP contribution < -0.4 is 11.2 Å². The van der Waals surface area contributed by atoms with Crippen molar-refractivity contribution in [1.29, 1.82) is 0 Å². The number of ether oxygens (including phenoxy) is 1. The molecule has 0 saturated carbocycles. The molecule has 8 nitrogen and oxygen atoms in total. The predicted molar refractivity (Wildman–Crippen MR) is 117 cm³/mol. The smallest absolute Gasteiger partial charge is 0.337 e. The van der Waals surface area contributed by atoms with E-state index in [1.807, 2.05) is 0 Å². The molecule has 0 saturated heterocycles. The third-order valence-electron chi connectivity index (χ3n) is 5.02. The standard InChI is InChI=1S/C23H19FN4O4/c1-3-12-27-21(29)19-20(28(23(27)31)18-10-8-17(24)9-11-18)25-14-26(19)13-15-4-6-16(7-5-15)22(30)32-2/h3-11,14H,1,12-13H2,2H3. The molecular weight excluding hydrogens is 415 g/mol. The van der Waals surface area contributed by atoms with E-state index >= 15 is 0 Å². The fourth-order valence-corrected chi connectivity index (χ4v) is 3.47. The van der Waals surface area contributed by atoms with Crippen molar-refractivity contribution in [3.8, 4) is 5.69 Å². The first-order valence-electron chi connectivity index (χ1n) is 9.69. The largest absolute Gasteiger partial charge is 0.465 e. The first-order valence-corrected chi connectivity index (χ1v) is 9.69. The van der Waals surface area contributed by atoms with E-state index in [9.17, 15) is 18.8 Å². The number of imidazole rings is 1. The van der Waals surface area contributed by atoms with Gasteiger partial charge in [-0.3, -0.25) is 9.36 Å². The summed E-state index contributed by atoms with van der Waals surface area (Å²) in [5.74, 6) is -0.890. The van der Waals surface area contributed by atoms with E-state index in [0.29, 0.717) is 11.3 Å². The molecule has 0 N–H and O–H groups in total. The summed E-state index contributed by atoms with van der Waals surface area (Å²) in [4.78, 5) is 42.2. The molecular formula is C23H19FN4O4. The summed E-state index contributed by atoms with van der Waals surface area (Å²) in [5.41, 5.74) is 0.878. The van der Waals surface area contributed by atoms with E-state index in [4.69, 9.17) is 4.74 Å². The number of hydrogen-bond acceptors (Lipinski definition) is 5. The Hall–Kier alpha value is -4.27. The lowest BCUT2D eigenvalue weighted by atomic mass is 10.1. The SMILES string of the molecule is C=CCn1c(=O)c2c(ncn2Cc2ccc(C(=O)OC)cc2)n(-c2ccc(F)cc2)c1=O. The third kappa shape index (κ3) is 3.64. The van der Waals surface area contributed by atoms with Crippen molar-refractivity contribution in [3.05, 3.63) is 105 Å². The van der Waals surface area contributed by atoms with E-state index in [1.165, 1.54) is 48.3 Å². The second-order valence-corrected chi connectivity index (χ2v) is 7.03. The molecule has 0 aliphatic rings. The minimum absolute atomic E-state index is 0.00775. The van der Waals surface area contributed by atoms with E-state index in [1.54, 1.807) is 28.8 Å². The van der Waals surface area contributed by atoms with Gasteiger partial charge in [-0.1, -0.05) is 18.2 Å². The Kier molecular flexibility index (Phi) is 5.55. The van der Waals surface area contributed by atoms with Gasteiger partial charge < -0.3 is 9.30 Å². The molecule has 0 fully saturated rings. The van der Waals surface area contributed by atoms with Crippen LogP contribution in [0.1, 0.15) is 15.9 Å². The molecule has 9 heteroatoms. The van der Waals surface area contributed by atoms with E-state index in [2.05, 4.69) is 11.6 Å². The third-order valence-corrected chi connectivity index (χ3v) is 5.02. The molecule has 4 rings (SSSR count). The fraction of sp³-hybridized carbons (Fsp3) is 0.130. The molecule has 2 heterocycles. The number of hydrogen-bond donors (Lipinski definition) is 0. The van der Waals surface area contributed by atoms with Gasteiger partial charge in [-0.15, -0.1) is 6.58 Å². The Morgan fingerprint density at radius 3 is 2.44 bits per heavy atom. The van der Waals surface area contributed by atoms with Crippen molar-refractivity contribution < 1.29 is 13.9 Å². The summed E-state index contributed by atoms with van der Waals surface area (Å²) < 4.78 is 22.1. The Morgan fingerprint density at radius 2 is 1.81 bits per heavy atom. The molecule has 0 aliphatic heterocycles. The van der Waals surface area contributed by atoms with Gasteiger partial charge >= 0.3 is 11.7 Å². The van der Waals surface area contributed by atoms with Crippen LogP contribution in [0.2, 0.25) is 0 Å². The van der Waals surface area contributed by atoms with E-state index in [0.717, 1.165) is 10.1 Å². The average Bonchev–Trinajstić information content (AvgIpc) is 3.21. The number of allylic oxidation sites excluding steroid dienone is 1. The maximum Gasteiger partial charge on any atom is 0.337 e. The molecule has 2 aromatic carbocycles. The van der Waals surface area contributed by atoms with Crippen molar-refractivity contribution in [2.24, 2.45) is 0 Å². The summed E-state index contributed by atoms with van der Waals surface area (Å²) in [6.07, 6.45) is 2.92. The van der Waals surface area contributed by atoms with Crippen LogP contribution in [0, 0.1) is 5.82 Å². The molecule has 0 amide bonds. The highest BCUT2D eigenvalue weighted by atomic mass is 19.1. The highest BCUT2D eigenvalue weighted by Crippen LogP contribution is 2.16. The zero-order valence-corrected chi connectivity index (χ0v) is 17.2. The van der Waals surface area contributed by atoms with Gasteiger partial charge in [-0.25, -0.2) is 23.5 Å². The number of methoxy groups -OCH3 is 1. The number of carbonyl (C=O) groups excluding carboxylic acids is 1. The molecule has 32 heavy (non-hydrogen) atoms.